The summed E-state index contributed by atoms with van der Waals surface area (Å²) in [6.45, 7) is 0. The number of nitrogens with zero attached hydrogens (tertiary/aromatic N) is 2. The van der Waals surface area contributed by atoms with E-state index >= 15 is 0 Å². The fourth-order valence-electron chi connectivity index (χ4n) is 1.47. The Hall–Kier alpha value is -2.27. The largest absolute Gasteiger partial charge is 0.271 e. The van der Waals surface area contributed by atoms with Gasteiger partial charge in [0.1, 0.15) is 0 Å². The lowest BCUT2D eigenvalue weighted by Gasteiger charge is -1.98. The molecule has 100 valence electrons. The van der Waals surface area contributed by atoms with E-state index < -0.39 is 0 Å². The number of carbonyl (C=O) groups excluding carboxylic acids is 1. The number of halogens is 1. The number of carbonyl (C=O) groups is 1. The topological polar surface area (TPSA) is 54.4 Å². The van der Waals surface area contributed by atoms with Crippen molar-refractivity contribution in [2.75, 3.05) is 0 Å². The summed E-state index contributed by atoms with van der Waals surface area (Å²) in [7, 11) is 0. The van der Waals surface area contributed by atoms with Gasteiger partial charge in [-0.15, -0.1) is 0 Å². The summed E-state index contributed by atoms with van der Waals surface area (Å²) in [5.41, 5.74) is 4.01. The molecule has 0 bridgehead atoms. The van der Waals surface area contributed by atoms with Crippen molar-refractivity contribution in [3.05, 3.63) is 70.5 Å². The van der Waals surface area contributed by atoms with E-state index in [2.05, 4.69) is 31.4 Å². The Bertz CT molecular complexity index is 624. The van der Waals surface area contributed by atoms with Crippen LogP contribution in [0.25, 0.3) is 6.08 Å². The Balaban J connectivity index is 1.94. The molecular formula is C15H12BrN3O. The average molecular weight is 330 g/mol. The predicted octanol–water partition coefficient (Wildman–Crippen LogP) is 3.23. The van der Waals surface area contributed by atoms with Gasteiger partial charge in [-0.2, -0.15) is 5.10 Å². The van der Waals surface area contributed by atoms with Gasteiger partial charge in [0.2, 0.25) is 0 Å². The first kappa shape index (κ1) is 14.1. The first-order chi connectivity index (χ1) is 9.75. The molecule has 0 atom stereocenters. The summed E-state index contributed by atoms with van der Waals surface area (Å²) >= 11 is 3.37. The summed E-state index contributed by atoms with van der Waals surface area (Å²) in [5.74, 6) is -0.274. The van der Waals surface area contributed by atoms with Crippen LogP contribution in [-0.4, -0.2) is 17.1 Å². The fourth-order valence-corrected chi connectivity index (χ4v) is 1.83. The summed E-state index contributed by atoms with van der Waals surface area (Å²) in [6, 6.07) is 13.1. The van der Waals surface area contributed by atoms with E-state index in [9.17, 15) is 4.79 Å². The van der Waals surface area contributed by atoms with Gasteiger partial charge in [-0.1, -0.05) is 30.3 Å². The highest BCUT2D eigenvalue weighted by molar-refractivity contribution is 9.12. The van der Waals surface area contributed by atoms with E-state index in [0.717, 1.165) is 10.0 Å². The molecule has 0 aliphatic carbocycles. The van der Waals surface area contributed by atoms with Crippen molar-refractivity contribution in [2.24, 2.45) is 5.10 Å². The highest BCUT2D eigenvalue weighted by atomic mass is 79.9. The van der Waals surface area contributed by atoms with E-state index in [1.807, 2.05) is 36.4 Å². The van der Waals surface area contributed by atoms with Gasteiger partial charge < -0.3 is 0 Å². The maximum Gasteiger partial charge on any atom is 0.271 e. The number of amides is 1. The molecular weight excluding hydrogens is 318 g/mol. The van der Waals surface area contributed by atoms with Crippen molar-refractivity contribution in [1.29, 1.82) is 0 Å². The molecule has 20 heavy (non-hydrogen) atoms. The molecule has 0 fully saturated rings. The van der Waals surface area contributed by atoms with Crippen molar-refractivity contribution >= 4 is 34.1 Å². The SMILES string of the molecule is O=C(NN=C/C(Br)=C/c1ccccc1)c1ccncc1. The molecule has 2 aromatic rings. The molecule has 4 nitrogen and oxygen atoms in total. The Morgan fingerprint density at radius 3 is 2.55 bits per heavy atom. The quantitative estimate of drug-likeness (QED) is 0.691. The summed E-state index contributed by atoms with van der Waals surface area (Å²) in [4.78, 5) is 15.5. The first-order valence-corrected chi connectivity index (χ1v) is 6.71. The number of nitrogens with one attached hydrogen (secondary N) is 1. The van der Waals surface area contributed by atoms with Crippen LogP contribution >= 0.6 is 15.9 Å². The van der Waals surface area contributed by atoms with Crippen molar-refractivity contribution in [3.63, 3.8) is 0 Å². The van der Waals surface area contributed by atoms with Crippen LogP contribution in [-0.2, 0) is 0 Å². The summed E-state index contributed by atoms with van der Waals surface area (Å²) in [6.07, 6.45) is 6.56. The monoisotopic (exact) mass is 329 g/mol. The smallest absolute Gasteiger partial charge is 0.267 e. The summed E-state index contributed by atoms with van der Waals surface area (Å²) < 4.78 is 0.763. The van der Waals surface area contributed by atoms with Gasteiger partial charge in [0.25, 0.3) is 5.91 Å². The van der Waals surface area contributed by atoms with Crippen LogP contribution in [0.3, 0.4) is 0 Å². The van der Waals surface area contributed by atoms with Gasteiger partial charge in [0.05, 0.1) is 6.21 Å². The Morgan fingerprint density at radius 1 is 1.15 bits per heavy atom. The minimum absolute atomic E-state index is 0.274. The molecule has 1 aromatic carbocycles. The van der Waals surface area contributed by atoms with Gasteiger partial charge in [-0.3, -0.25) is 9.78 Å². The highest BCUT2D eigenvalue weighted by Gasteiger charge is 2.01. The Labute approximate surface area is 125 Å². The second-order valence-electron chi connectivity index (χ2n) is 3.87. The third-order valence-corrected chi connectivity index (χ3v) is 2.83. The van der Waals surface area contributed by atoms with Gasteiger partial charge in [-0.25, -0.2) is 5.43 Å². The van der Waals surface area contributed by atoms with Gasteiger partial charge in [0.15, 0.2) is 0 Å². The lowest BCUT2D eigenvalue weighted by atomic mass is 10.2. The summed E-state index contributed by atoms with van der Waals surface area (Å²) in [5, 5.41) is 3.88. The first-order valence-electron chi connectivity index (χ1n) is 5.91. The van der Waals surface area contributed by atoms with Crippen LogP contribution in [0, 0.1) is 0 Å². The van der Waals surface area contributed by atoms with Crippen LogP contribution in [0.5, 0.6) is 0 Å². The van der Waals surface area contributed by atoms with Crippen LogP contribution in [0.15, 0.2) is 64.4 Å². The molecule has 5 heteroatoms. The maximum atomic E-state index is 11.7. The van der Waals surface area contributed by atoms with E-state index in [1.165, 1.54) is 6.21 Å². The zero-order valence-corrected chi connectivity index (χ0v) is 12.1. The third kappa shape index (κ3) is 4.44. The van der Waals surface area contributed by atoms with Gasteiger partial charge in [-0.05, 0) is 39.7 Å². The predicted molar refractivity (Wildman–Crippen MR) is 83.5 cm³/mol. The second kappa shape index (κ2) is 7.35. The van der Waals surface area contributed by atoms with Gasteiger partial charge in [0, 0.05) is 22.4 Å². The number of allylic oxidation sites excluding steroid dienone is 1. The normalized spacial score (nSPS) is 11.6. The van der Waals surface area contributed by atoms with Crippen LogP contribution < -0.4 is 5.43 Å². The van der Waals surface area contributed by atoms with E-state index in [0.29, 0.717) is 5.56 Å². The van der Waals surface area contributed by atoms with E-state index in [1.54, 1.807) is 24.5 Å². The average Bonchev–Trinajstić information content (AvgIpc) is 2.49. The van der Waals surface area contributed by atoms with Crippen LogP contribution in [0.4, 0.5) is 0 Å². The molecule has 1 aromatic heterocycles. The lowest BCUT2D eigenvalue weighted by Crippen LogP contribution is -2.17. The van der Waals surface area contributed by atoms with Gasteiger partial charge >= 0.3 is 0 Å². The van der Waals surface area contributed by atoms with Crippen molar-refractivity contribution in [1.82, 2.24) is 10.4 Å². The van der Waals surface area contributed by atoms with Crippen LogP contribution in [0.2, 0.25) is 0 Å². The molecule has 0 aliphatic heterocycles. The number of pyridine rings is 1. The van der Waals surface area contributed by atoms with Crippen molar-refractivity contribution < 1.29 is 4.79 Å². The van der Waals surface area contributed by atoms with Crippen molar-refractivity contribution in [2.45, 2.75) is 0 Å². The minimum Gasteiger partial charge on any atom is -0.267 e. The van der Waals surface area contributed by atoms with E-state index in [4.69, 9.17) is 0 Å². The number of hydrazone groups is 1. The molecule has 0 aliphatic rings. The number of hydrogen-bond acceptors (Lipinski definition) is 3. The molecule has 0 spiro atoms. The Kier molecular flexibility index (Phi) is 5.20. The van der Waals surface area contributed by atoms with E-state index in [-0.39, 0.29) is 5.91 Å². The molecule has 1 heterocycles. The van der Waals surface area contributed by atoms with Crippen molar-refractivity contribution in [3.8, 4) is 0 Å². The fraction of sp³-hybridized carbons (Fsp3) is 0. The molecule has 1 N–H and O–H groups in total. The number of rotatable bonds is 4. The highest BCUT2D eigenvalue weighted by Crippen LogP contribution is 2.09. The zero-order chi connectivity index (χ0) is 14.2. The molecule has 2 rings (SSSR count). The zero-order valence-electron chi connectivity index (χ0n) is 10.5. The van der Waals surface area contributed by atoms with Crippen LogP contribution in [0.1, 0.15) is 15.9 Å². The minimum atomic E-state index is -0.274. The number of benzene rings is 1. The lowest BCUT2D eigenvalue weighted by molar-refractivity contribution is 0.0955. The third-order valence-electron chi connectivity index (χ3n) is 2.40. The number of aromatic nitrogens is 1. The standard InChI is InChI=1S/C15H12BrN3O/c16-14(10-12-4-2-1-3-5-12)11-18-19-15(20)13-6-8-17-9-7-13/h1-11H,(H,19,20)/b14-10-,18-11?. The molecule has 0 radical (unpaired) electrons. The molecule has 0 unspecified atom stereocenters. The number of hydrogen-bond donors (Lipinski definition) is 1. The Morgan fingerprint density at radius 2 is 1.85 bits per heavy atom. The molecule has 0 saturated carbocycles. The molecule has 1 amide bonds. The molecule has 0 saturated heterocycles. The second-order valence-corrected chi connectivity index (χ2v) is 4.79. The maximum absolute atomic E-state index is 11.7.